The van der Waals surface area contributed by atoms with Gasteiger partial charge in [0.05, 0.1) is 0 Å². The molecule has 0 heterocycles. The maximum Gasteiger partial charge on any atom is 0.139 e. The molecule has 0 radical (unpaired) electrons. The number of hydrogen-bond donors (Lipinski definition) is 1. The molecule has 120 valence electrons. The third-order valence-corrected chi connectivity index (χ3v) is 7.08. The minimum absolute atomic E-state index is 0.123. The number of hydrogen-bond acceptors (Lipinski definition) is 2. The summed E-state index contributed by atoms with van der Waals surface area (Å²) in [4.78, 5) is 12.3. The molecule has 0 spiro atoms. The lowest BCUT2D eigenvalue weighted by Crippen LogP contribution is -2.45. The lowest BCUT2D eigenvalue weighted by atomic mass is 9.54. The number of halogens is 1. The zero-order valence-corrected chi connectivity index (χ0v) is 13.5. The van der Waals surface area contributed by atoms with Gasteiger partial charge in [-0.25, -0.2) is 4.39 Å². The number of allylic oxidation sites excluding steroid dienone is 2. The first kappa shape index (κ1) is 14.6. The topological polar surface area (TPSA) is 37.3 Å². The SMILES string of the molecule is CC1(O)CC=C2C(=C1F)CC[C@@H]1[C@@H]2CC[C@]2(C)C(=O)CC[C@@H]12. The van der Waals surface area contributed by atoms with Gasteiger partial charge < -0.3 is 5.11 Å². The number of fused-ring (bicyclic) bond motifs is 5. The third-order valence-electron chi connectivity index (χ3n) is 7.08. The summed E-state index contributed by atoms with van der Waals surface area (Å²) in [6.07, 6.45) is 7.83. The number of carbonyl (C=O) groups is 1. The smallest absolute Gasteiger partial charge is 0.139 e. The van der Waals surface area contributed by atoms with Gasteiger partial charge in [-0.2, -0.15) is 0 Å². The highest BCUT2D eigenvalue weighted by molar-refractivity contribution is 5.87. The average molecular weight is 304 g/mol. The molecular weight excluding hydrogens is 279 g/mol. The van der Waals surface area contributed by atoms with Gasteiger partial charge in [0.1, 0.15) is 17.2 Å². The standard InChI is InChI=1S/C19H25FO2/c1-18-9-7-11-12-8-10-19(2,22)17(20)14(12)4-3-13(11)15(18)5-6-16(18)21/h8,11,13,15,22H,3-7,9-10H2,1-2H3/t11-,13-,15+,18+,19?/m1/s1. The van der Waals surface area contributed by atoms with Gasteiger partial charge in [0.2, 0.25) is 0 Å². The van der Waals surface area contributed by atoms with Crippen LogP contribution in [0, 0.1) is 23.2 Å². The molecule has 0 aromatic heterocycles. The van der Waals surface area contributed by atoms with E-state index in [0.29, 0.717) is 30.0 Å². The lowest BCUT2D eigenvalue weighted by Gasteiger charge is -2.50. The second kappa shape index (κ2) is 4.53. The maximum atomic E-state index is 14.6. The molecule has 0 aromatic carbocycles. The van der Waals surface area contributed by atoms with E-state index in [1.807, 2.05) is 0 Å². The van der Waals surface area contributed by atoms with Crippen molar-refractivity contribution in [1.29, 1.82) is 0 Å². The van der Waals surface area contributed by atoms with Crippen molar-refractivity contribution in [3.05, 3.63) is 23.0 Å². The highest BCUT2D eigenvalue weighted by Crippen LogP contribution is 2.60. The fraction of sp³-hybridized carbons (Fsp3) is 0.737. The Morgan fingerprint density at radius 2 is 2.00 bits per heavy atom. The molecule has 2 nitrogen and oxygen atoms in total. The second-order valence-corrected chi connectivity index (χ2v) is 8.26. The van der Waals surface area contributed by atoms with Crippen molar-refractivity contribution in [1.82, 2.24) is 0 Å². The minimum Gasteiger partial charge on any atom is -0.383 e. The molecule has 0 aromatic rings. The number of Topliss-reactive ketones (excluding diaryl/α,β-unsaturated/α-hetero) is 1. The Morgan fingerprint density at radius 3 is 2.77 bits per heavy atom. The van der Waals surface area contributed by atoms with Crippen LogP contribution in [0.4, 0.5) is 4.39 Å². The van der Waals surface area contributed by atoms with E-state index < -0.39 is 5.60 Å². The van der Waals surface area contributed by atoms with Crippen molar-refractivity contribution in [2.45, 2.75) is 64.4 Å². The molecule has 4 aliphatic rings. The van der Waals surface area contributed by atoms with Crippen LogP contribution in [0.5, 0.6) is 0 Å². The van der Waals surface area contributed by atoms with E-state index in [0.717, 1.165) is 49.7 Å². The predicted molar refractivity (Wildman–Crippen MR) is 82.7 cm³/mol. The van der Waals surface area contributed by atoms with Crippen LogP contribution >= 0.6 is 0 Å². The van der Waals surface area contributed by atoms with E-state index in [-0.39, 0.29) is 11.2 Å². The Labute approximate surface area is 131 Å². The molecule has 3 saturated carbocycles. The number of rotatable bonds is 0. The predicted octanol–water partition coefficient (Wildman–Crippen LogP) is 4.10. The molecule has 22 heavy (non-hydrogen) atoms. The molecule has 3 fully saturated rings. The molecule has 0 amide bonds. The summed E-state index contributed by atoms with van der Waals surface area (Å²) >= 11 is 0. The summed E-state index contributed by atoms with van der Waals surface area (Å²) in [5.41, 5.74) is 0.479. The highest BCUT2D eigenvalue weighted by Gasteiger charge is 2.55. The Morgan fingerprint density at radius 1 is 1.23 bits per heavy atom. The number of carbonyl (C=O) groups excluding carboxylic acids is 1. The van der Waals surface area contributed by atoms with Crippen LogP contribution in [0.3, 0.4) is 0 Å². The van der Waals surface area contributed by atoms with Crippen LogP contribution in [-0.4, -0.2) is 16.5 Å². The molecule has 4 rings (SSSR count). The largest absolute Gasteiger partial charge is 0.383 e. The van der Waals surface area contributed by atoms with Crippen molar-refractivity contribution in [2.75, 3.05) is 0 Å². The molecule has 3 heteroatoms. The van der Waals surface area contributed by atoms with Crippen molar-refractivity contribution >= 4 is 5.78 Å². The number of ketones is 1. The molecule has 0 saturated heterocycles. The summed E-state index contributed by atoms with van der Waals surface area (Å²) in [5.74, 6) is 1.54. The Balaban J connectivity index is 1.69. The van der Waals surface area contributed by atoms with Gasteiger partial charge in [-0.1, -0.05) is 13.0 Å². The fourth-order valence-corrected chi connectivity index (χ4v) is 5.76. The first-order chi connectivity index (χ1) is 10.3. The van der Waals surface area contributed by atoms with Gasteiger partial charge >= 0.3 is 0 Å². The van der Waals surface area contributed by atoms with E-state index in [2.05, 4.69) is 13.0 Å². The molecule has 1 unspecified atom stereocenters. The molecular formula is C19H25FO2. The summed E-state index contributed by atoms with van der Waals surface area (Å²) in [6.45, 7) is 3.73. The lowest BCUT2D eigenvalue weighted by molar-refractivity contribution is -0.129. The van der Waals surface area contributed by atoms with Crippen LogP contribution < -0.4 is 0 Å². The van der Waals surface area contributed by atoms with E-state index in [1.165, 1.54) is 0 Å². The summed E-state index contributed by atoms with van der Waals surface area (Å²) in [7, 11) is 0. The quantitative estimate of drug-likeness (QED) is 0.731. The van der Waals surface area contributed by atoms with Crippen molar-refractivity contribution < 1.29 is 14.3 Å². The van der Waals surface area contributed by atoms with Gasteiger partial charge in [0, 0.05) is 18.3 Å². The van der Waals surface area contributed by atoms with Gasteiger partial charge in [-0.3, -0.25) is 4.79 Å². The first-order valence-corrected chi connectivity index (χ1v) is 8.70. The molecule has 0 aliphatic heterocycles. The molecule has 5 atom stereocenters. The van der Waals surface area contributed by atoms with E-state index in [4.69, 9.17) is 0 Å². The Kier molecular flexibility index (Phi) is 3.01. The minimum atomic E-state index is -1.32. The van der Waals surface area contributed by atoms with Crippen LogP contribution in [-0.2, 0) is 4.79 Å². The normalized spacial score (nSPS) is 47.7. The maximum absolute atomic E-state index is 14.6. The highest BCUT2D eigenvalue weighted by atomic mass is 19.1. The van der Waals surface area contributed by atoms with Crippen LogP contribution in [0.15, 0.2) is 23.0 Å². The van der Waals surface area contributed by atoms with Crippen molar-refractivity contribution in [2.24, 2.45) is 23.2 Å². The zero-order valence-electron chi connectivity index (χ0n) is 13.5. The van der Waals surface area contributed by atoms with Crippen molar-refractivity contribution in [3.8, 4) is 0 Å². The summed E-state index contributed by atoms with van der Waals surface area (Å²) in [6, 6.07) is 0. The average Bonchev–Trinajstić information content (AvgIpc) is 2.79. The summed E-state index contributed by atoms with van der Waals surface area (Å²) < 4.78 is 14.6. The van der Waals surface area contributed by atoms with Gasteiger partial charge in [-0.15, -0.1) is 0 Å². The van der Waals surface area contributed by atoms with E-state index in [1.54, 1.807) is 6.92 Å². The zero-order chi connectivity index (χ0) is 15.7. The van der Waals surface area contributed by atoms with Gasteiger partial charge in [0.15, 0.2) is 0 Å². The second-order valence-electron chi connectivity index (χ2n) is 8.26. The first-order valence-electron chi connectivity index (χ1n) is 8.70. The molecule has 4 aliphatic carbocycles. The van der Waals surface area contributed by atoms with Crippen LogP contribution in [0.2, 0.25) is 0 Å². The Bertz CT molecular complexity index is 601. The molecule has 1 N–H and O–H groups in total. The number of aliphatic hydroxyl groups is 1. The molecule has 0 bridgehead atoms. The van der Waals surface area contributed by atoms with Crippen LogP contribution in [0.25, 0.3) is 0 Å². The fourth-order valence-electron chi connectivity index (χ4n) is 5.76. The van der Waals surface area contributed by atoms with E-state index >= 15 is 0 Å². The van der Waals surface area contributed by atoms with Crippen molar-refractivity contribution in [3.63, 3.8) is 0 Å². The van der Waals surface area contributed by atoms with Crippen LogP contribution in [0.1, 0.15) is 58.8 Å². The van der Waals surface area contributed by atoms with Gasteiger partial charge in [0.25, 0.3) is 0 Å². The summed E-state index contributed by atoms with van der Waals surface area (Å²) in [5, 5.41) is 10.2. The Hall–Kier alpha value is -0.960. The van der Waals surface area contributed by atoms with E-state index in [9.17, 15) is 14.3 Å². The monoisotopic (exact) mass is 304 g/mol. The third kappa shape index (κ3) is 1.78. The van der Waals surface area contributed by atoms with Gasteiger partial charge in [-0.05, 0) is 67.9 Å².